The van der Waals surface area contributed by atoms with Crippen LogP contribution in [0.3, 0.4) is 0 Å². The fourth-order valence-electron chi connectivity index (χ4n) is 1.83. The molecule has 0 bridgehead atoms. The Kier molecular flexibility index (Phi) is 6.57. The van der Waals surface area contributed by atoms with E-state index in [0.29, 0.717) is 6.61 Å². The molecule has 0 radical (unpaired) electrons. The summed E-state index contributed by atoms with van der Waals surface area (Å²) in [5.74, 6) is 0.743. The third-order valence-electron chi connectivity index (χ3n) is 2.97. The minimum absolute atomic E-state index is 0.242. The van der Waals surface area contributed by atoms with Gasteiger partial charge in [-0.2, -0.15) is 0 Å². The molecule has 6 heteroatoms. The molecule has 22 heavy (non-hydrogen) atoms. The predicted molar refractivity (Wildman–Crippen MR) is 88.5 cm³/mol. The van der Waals surface area contributed by atoms with Crippen molar-refractivity contribution in [3.05, 3.63) is 52.5 Å². The SMILES string of the molecule is COCOCc1ccc(S(=O)c2ccc(OC)cc2)cc1Br. The van der Waals surface area contributed by atoms with Crippen LogP contribution >= 0.6 is 15.9 Å². The quantitative estimate of drug-likeness (QED) is 0.538. The first-order valence-electron chi connectivity index (χ1n) is 6.56. The number of benzene rings is 2. The first-order valence-corrected chi connectivity index (χ1v) is 8.51. The number of ether oxygens (including phenoxy) is 3. The van der Waals surface area contributed by atoms with Gasteiger partial charge in [0.2, 0.25) is 0 Å². The molecule has 0 amide bonds. The van der Waals surface area contributed by atoms with Gasteiger partial charge < -0.3 is 14.2 Å². The fraction of sp³-hybridized carbons (Fsp3) is 0.250. The van der Waals surface area contributed by atoms with Gasteiger partial charge in [-0.15, -0.1) is 0 Å². The zero-order valence-electron chi connectivity index (χ0n) is 12.4. The molecule has 2 aromatic carbocycles. The highest BCUT2D eigenvalue weighted by Gasteiger charge is 2.10. The Morgan fingerprint density at radius 2 is 1.73 bits per heavy atom. The third kappa shape index (κ3) is 4.39. The summed E-state index contributed by atoms with van der Waals surface area (Å²) in [6.07, 6.45) is 0. The number of halogens is 1. The number of hydrogen-bond donors (Lipinski definition) is 0. The lowest BCUT2D eigenvalue weighted by molar-refractivity contribution is -0.0392. The van der Waals surface area contributed by atoms with Crippen molar-refractivity contribution in [1.29, 1.82) is 0 Å². The molecule has 2 aromatic rings. The van der Waals surface area contributed by atoms with E-state index < -0.39 is 10.8 Å². The first-order chi connectivity index (χ1) is 10.7. The summed E-state index contributed by atoms with van der Waals surface area (Å²) in [6.45, 7) is 0.676. The van der Waals surface area contributed by atoms with Crippen LogP contribution in [0.2, 0.25) is 0 Å². The molecule has 0 heterocycles. The van der Waals surface area contributed by atoms with Crippen molar-refractivity contribution >= 4 is 26.7 Å². The Bertz CT molecular complexity index is 643. The fourth-order valence-corrected chi connectivity index (χ4v) is 3.55. The van der Waals surface area contributed by atoms with Gasteiger partial charge in [0.25, 0.3) is 0 Å². The zero-order valence-corrected chi connectivity index (χ0v) is 14.8. The third-order valence-corrected chi connectivity index (χ3v) is 5.09. The minimum atomic E-state index is -1.23. The lowest BCUT2D eigenvalue weighted by atomic mass is 10.2. The van der Waals surface area contributed by atoms with Gasteiger partial charge in [-0.3, -0.25) is 0 Å². The minimum Gasteiger partial charge on any atom is -0.497 e. The van der Waals surface area contributed by atoms with Crippen LogP contribution in [-0.4, -0.2) is 25.2 Å². The summed E-state index contributed by atoms with van der Waals surface area (Å²) in [6, 6.07) is 12.8. The lowest BCUT2D eigenvalue weighted by Gasteiger charge is -2.08. The van der Waals surface area contributed by atoms with E-state index in [1.807, 2.05) is 18.2 Å². The van der Waals surface area contributed by atoms with Crippen LogP contribution in [-0.2, 0) is 26.9 Å². The van der Waals surface area contributed by atoms with Crippen molar-refractivity contribution in [3.8, 4) is 5.75 Å². The molecular formula is C16H17BrO4S. The number of methoxy groups -OCH3 is 2. The standard InChI is InChI=1S/C16H17BrO4S/c1-19-11-21-10-12-3-6-15(9-16(12)17)22(18)14-7-4-13(20-2)5-8-14/h3-9H,10-11H2,1-2H3. The second kappa shape index (κ2) is 8.43. The van der Waals surface area contributed by atoms with E-state index in [1.165, 1.54) is 0 Å². The molecule has 118 valence electrons. The smallest absolute Gasteiger partial charge is 0.146 e. The van der Waals surface area contributed by atoms with Crippen LogP contribution in [0.15, 0.2) is 56.7 Å². The van der Waals surface area contributed by atoms with Gasteiger partial charge in [-0.25, -0.2) is 4.21 Å². The number of hydrogen-bond acceptors (Lipinski definition) is 4. The van der Waals surface area contributed by atoms with Crippen molar-refractivity contribution in [2.75, 3.05) is 21.0 Å². The van der Waals surface area contributed by atoms with Crippen molar-refractivity contribution < 1.29 is 18.4 Å². The molecule has 0 N–H and O–H groups in total. The molecule has 0 fully saturated rings. The average Bonchev–Trinajstić information content (AvgIpc) is 2.56. The Labute approximate surface area is 141 Å². The van der Waals surface area contributed by atoms with Gasteiger partial charge in [0.1, 0.15) is 12.5 Å². The van der Waals surface area contributed by atoms with Gasteiger partial charge in [-0.05, 0) is 42.0 Å². The molecule has 1 atom stereocenters. The maximum atomic E-state index is 12.6. The maximum absolute atomic E-state index is 12.6. The van der Waals surface area contributed by atoms with E-state index in [-0.39, 0.29) is 6.79 Å². The topological polar surface area (TPSA) is 44.8 Å². The zero-order chi connectivity index (χ0) is 15.9. The van der Waals surface area contributed by atoms with Crippen molar-refractivity contribution in [2.24, 2.45) is 0 Å². The van der Waals surface area contributed by atoms with Gasteiger partial charge in [0.05, 0.1) is 24.5 Å². The molecule has 0 aliphatic heterocycles. The average molecular weight is 385 g/mol. The number of rotatable bonds is 7. The molecule has 0 aliphatic rings. The van der Waals surface area contributed by atoms with Crippen LogP contribution in [0, 0.1) is 0 Å². The van der Waals surface area contributed by atoms with Gasteiger partial charge in [-0.1, -0.05) is 22.0 Å². The van der Waals surface area contributed by atoms with Crippen LogP contribution < -0.4 is 4.74 Å². The van der Waals surface area contributed by atoms with E-state index in [4.69, 9.17) is 14.2 Å². The summed E-state index contributed by atoms with van der Waals surface area (Å²) in [5.41, 5.74) is 0.979. The summed E-state index contributed by atoms with van der Waals surface area (Å²) in [7, 11) is 1.95. The monoisotopic (exact) mass is 384 g/mol. The van der Waals surface area contributed by atoms with Crippen molar-refractivity contribution in [1.82, 2.24) is 0 Å². The second-order valence-corrected chi connectivity index (χ2v) is 6.79. The normalized spacial score (nSPS) is 12.1. The lowest BCUT2D eigenvalue weighted by Crippen LogP contribution is -1.99. The van der Waals surface area contributed by atoms with Gasteiger partial charge in [0.15, 0.2) is 0 Å². The van der Waals surface area contributed by atoms with E-state index in [0.717, 1.165) is 25.6 Å². The van der Waals surface area contributed by atoms with Crippen LogP contribution in [0.4, 0.5) is 0 Å². The van der Waals surface area contributed by atoms with E-state index >= 15 is 0 Å². The predicted octanol–water partition coefficient (Wildman–Crippen LogP) is 3.74. The second-order valence-electron chi connectivity index (χ2n) is 4.45. The highest BCUT2D eigenvalue weighted by molar-refractivity contribution is 9.10. The molecule has 2 rings (SSSR count). The van der Waals surface area contributed by atoms with E-state index in [9.17, 15) is 4.21 Å². The van der Waals surface area contributed by atoms with Crippen molar-refractivity contribution in [2.45, 2.75) is 16.4 Å². The van der Waals surface area contributed by atoms with Crippen LogP contribution in [0.5, 0.6) is 5.75 Å². The Morgan fingerprint density at radius 3 is 2.32 bits per heavy atom. The molecule has 0 saturated heterocycles. The largest absolute Gasteiger partial charge is 0.497 e. The summed E-state index contributed by atoms with van der Waals surface area (Å²) < 4.78 is 28.7. The van der Waals surface area contributed by atoms with Gasteiger partial charge >= 0.3 is 0 Å². The Morgan fingerprint density at radius 1 is 1.05 bits per heavy atom. The molecule has 0 aromatic heterocycles. The summed E-state index contributed by atoms with van der Waals surface area (Å²) >= 11 is 3.49. The molecule has 4 nitrogen and oxygen atoms in total. The highest BCUT2D eigenvalue weighted by atomic mass is 79.9. The maximum Gasteiger partial charge on any atom is 0.146 e. The van der Waals surface area contributed by atoms with Crippen molar-refractivity contribution in [3.63, 3.8) is 0 Å². The Hall–Kier alpha value is -1.21. The molecule has 0 aliphatic carbocycles. The van der Waals surface area contributed by atoms with E-state index in [2.05, 4.69) is 15.9 Å². The molecule has 0 spiro atoms. The van der Waals surface area contributed by atoms with E-state index in [1.54, 1.807) is 38.5 Å². The van der Waals surface area contributed by atoms with Crippen LogP contribution in [0.1, 0.15) is 5.56 Å². The highest BCUT2D eigenvalue weighted by Crippen LogP contribution is 2.25. The summed E-state index contributed by atoms with van der Waals surface area (Å²) in [4.78, 5) is 1.46. The molecular weight excluding hydrogens is 368 g/mol. The molecule has 0 saturated carbocycles. The molecule has 1 unspecified atom stereocenters. The first kappa shape index (κ1) is 17.1. The summed E-state index contributed by atoms with van der Waals surface area (Å²) in [5, 5.41) is 0. The van der Waals surface area contributed by atoms with Crippen LogP contribution in [0.25, 0.3) is 0 Å². The Balaban J connectivity index is 2.14. The van der Waals surface area contributed by atoms with Gasteiger partial charge in [0, 0.05) is 21.4 Å².